The van der Waals surface area contributed by atoms with E-state index in [-0.39, 0.29) is 23.9 Å². The van der Waals surface area contributed by atoms with Gasteiger partial charge in [0.2, 0.25) is 0 Å². The molecular formula is C17H14F3N3O3. The minimum absolute atomic E-state index is 0.189. The molecule has 3 aromatic rings. The molecule has 0 aliphatic heterocycles. The van der Waals surface area contributed by atoms with E-state index in [2.05, 4.69) is 15.2 Å². The number of halogens is 3. The third-order valence-electron chi connectivity index (χ3n) is 3.52. The van der Waals surface area contributed by atoms with Crippen LogP contribution in [0.3, 0.4) is 0 Å². The molecule has 0 aliphatic carbocycles. The van der Waals surface area contributed by atoms with Crippen LogP contribution in [0.25, 0.3) is 0 Å². The van der Waals surface area contributed by atoms with Gasteiger partial charge < -0.3 is 14.5 Å². The van der Waals surface area contributed by atoms with Crippen LogP contribution in [0.5, 0.6) is 5.75 Å². The second-order valence-corrected chi connectivity index (χ2v) is 5.30. The van der Waals surface area contributed by atoms with E-state index in [4.69, 9.17) is 4.42 Å². The molecule has 1 N–H and O–H groups in total. The van der Waals surface area contributed by atoms with Crippen LogP contribution in [0.4, 0.5) is 13.2 Å². The summed E-state index contributed by atoms with van der Waals surface area (Å²) < 4.78 is 47.3. The highest BCUT2D eigenvalue weighted by Crippen LogP contribution is 2.23. The fourth-order valence-electron chi connectivity index (χ4n) is 2.37. The molecule has 9 heteroatoms. The van der Waals surface area contributed by atoms with Crippen LogP contribution in [-0.4, -0.2) is 28.6 Å². The number of nitrogens with zero attached hydrogens (tertiary/aromatic N) is 2. The van der Waals surface area contributed by atoms with Gasteiger partial charge in [-0.3, -0.25) is 9.48 Å². The first-order valence-electron chi connectivity index (χ1n) is 7.59. The number of alkyl halides is 3. The summed E-state index contributed by atoms with van der Waals surface area (Å²) in [5, 5.41) is 6.87. The Hall–Kier alpha value is -3.23. The zero-order valence-corrected chi connectivity index (χ0v) is 13.3. The van der Waals surface area contributed by atoms with Crippen LogP contribution in [-0.2, 0) is 0 Å². The lowest BCUT2D eigenvalue weighted by atomic mass is 10.2. The number of carbonyl (C=O) groups is 1. The number of carbonyl (C=O) groups excluding carboxylic acids is 1. The maximum absolute atomic E-state index is 12.3. The smallest absolute Gasteiger partial charge is 0.467 e. The van der Waals surface area contributed by atoms with E-state index in [1.165, 1.54) is 18.4 Å². The molecule has 0 fully saturated rings. The molecule has 1 amide bonds. The van der Waals surface area contributed by atoms with E-state index in [1.807, 2.05) is 0 Å². The van der Waals surface area contributed by atoms with Gasteiger partial charge in [0.15, 0.2) is 0 Å². The highest BCUT2D eigenvalue weighted by molar-refractivity contribution is 5.94. The number of rotatable bonds is 6. The predicted molar refractivity (Wildman–Crippen MR) is 84.5 cm³/mol. The van der Waals surface area contributed by atoms with Crippen molar-refractivity contribution in [3.05, 3.63) is 72.4 Å². The summed E-state index contributed by atoms with van der Waals surface area (Å²) in [6.07, 6.45) is 0.0938. The molecule has 1 atom stereocenters. The highest BCUT2D eigenvalue weighted by atomic mass is 19.4. The summed E-state index contributed by atoms with van der Waals surface area (Å²) in [4.78, 5) is 12.3. The van der Waals surface area contributed by atoms with E-state index in [9.17, 15) is 18.0 Å². The number of hydrogen-bond donors (Lipinski definition) is 1. The quantitative estimate of drug-likeness (QED) is 0.727. The lowest BCUT2D eigenvalue weighted by Crippen LogP contribution is -2.31. The fourth-order valence-corrected chi connectivity index (χ4v) is 2.37. The molecule has 136 valence electrons. The standard InChI is InChI=1S/C17H14F3N3O3/c18-17(19,20)26-13-6-4-12(5-7-13)16(24)21-11-14(15-3-1-10-25-15)23-9-2-8-22-23/h1-10,14H,11H2,(H,21,24)/t14-/m1/s1. The van der Waals surface area contributed by atoms with E-state index < -0.39 is 12.3 Å². The predicted octanol–water partition coefficient (Wildman–Crippen LogP) is 3.39. The second-order valence-electron chi connectivity index (χ2n) is 5.30. The van der Waals surface area contributed by atoms with Crippen LogP contribution in [0.15, 0.2) is 65.5 Å². The zero-order valence-electron chi connectivity index (χ0n) is 13.3. The van der Waals surface area contributed by atoms with Gasteiger partial charge >= 0.3 is 6.36 Å². The molecule has 0 saturated heterocycles. The number of benzene rings is 1. The van der Waals surface area contributed by atoms with Gasteiger partial charge in [0, 0.05) is 24.5 Å². The average Bonchev–Trinajstić information content (AvgIpc) is 3.28. The highest BCUT2D eigenvalue weighted by Gasteiger charge is 2.31. The first-order valence-corrected chi connectivity index (χ1v) is 7.59. The van der Waals surface area contributed by atoms with Crippen molar-refractivity contribution in [2.24, 2.45) is 0 Å². The molecule has 26 heavy (non-hydrogen) atoms. The topological polar surface area (TPSA) is 69.3 Å². The summed E-state index contributed by atoms with van der Waals surface area (Å²) in [6.45, 7) is 0.189. The van der Waals surface area contributed by atoms with Crippen molar-refractivity contribution in [2.45, 2.75) is 12.4 Å². The van der Waals surface area contributed by atoms with Crippen LogP contribution >= 0.6 is 0 Å². The fraction of sp³-hybridized carbons (Fsp3) is 0.176. The Labute approximate surface area is 146 Å². The summed E-state index contributed by atoms with van der Waals surface area (Å²) in [7, 11) is 0. The number of aromatic nitrogens is 2. The minimum Gasteiger partial charge on any atom is -0.467 e. The normalized spacial score (nSPS) is 12.6. The number of furan rings is 1. The van der Waals surface area contributed by atoms with E-state index in [0.29, 0.717) is 5.76 Å². The summed E-state index contributed by atoms with van der Waals surface area (Å²) in [6, 6.07) is 9.57. The Bertz CT molecular complexity index is 794. The van der Waals surface area contributed by atoms with Crippen molar-refractivity contribution in [2.75, 3.05) is 6.54 Å². The molecule has 0 bridgehead atoms. The van der Waals surface area contributed by atoms with Gasteiger partial charge in [-0.15, -0.1) is 13.2 Å². The minimum atomic E-state index is -4.77. The Morgan fingerprint density at radius 2 is 2.00 bits per heavy atom. The Kier molecular flexibility index (Phi) is 4.97. The average molecular weight is 365 g/mol. The zero-order chi connectivity index (χ0) is 18.6. The van der Waals surface area contributed by atoms with Gasteiger partial charge in [-0.25, -0.2) is 0 Å². The van der Waals surface area contributed by atoms with Crippen molar-refractivity contribution in [1.82, 2.24) is 15.1 Å². The first-order chi connectivity index (χ1) is 12.4. The molecule has 6 nitrogen and oxygen atoms in total. The summed E-state index contributed by atoms with van der Waals surface area (Å²) in [5.74, 6) is -0.214. The third-order valence-corrected chi connectivity index (χ3v) is 3.52. The molecule has 0 spiro atoms. The molecular weight excluding hydrogens is 351 g/mol. The van der Waals surface area contributed by atoms with Gasteiger partial charge in [-0.05, 0) is 42.5 Å². The molecule has 0 aliphatic rings. The Morgan fingerprint density at radius 3 is 2.58 bits per heavy atom. The lowest BCUT2D eigenvalue weighted by Gasteiger charge is -2.16. The van der Waals surface area contributed by atoms with E-state index in [0.717, 1.165) is 12.1 Å². The molecule has 0 saturated carbocycles. The van der Waals surface area contributed by atoms with Crippen molar-refractivity contribution in [1.29, 1.82) is 0 Å². The van der Waals surface area contributed by atoms with Gasteiger partial charge in [-0.1, -0.05) is 0 Å². The van der Waals surface area contributed by atoms with Crippen molar-refractivity contribution < 1.29 is 27.1 Å². The van der Waals surface area contributed by atoms with E-state index >= 15 is 0 Å². The van der Waals surface area contributed by atoms with Crippen molar-refractivity contribution in [3.63, 3.8) is 0 Å². The van der Waals surface area contributed by atoms with Crippen LogP contribution in [0.1, 0.15) is 22.2 Å². The summed E-state index contributed by atoms with van der Waals surface area (Å²) in [5.41, 5.74) is 0.207. The molecule has 2 heterocycles. The summed E-state index contributed by atoms with van der Waals surface area (Å²) >= 11 is 0. The van der Waals surface area contributed by atoms with Crippen LogP contribution < -0.4 is 10.1 Å². The SMILES string of the molecule is O=C(NC[C@H](c1ccco1)n1cccn1)c1ccc(OC(F)(F)F)cc1. The molecule has 3 rings (SSSR count). The van der Waals surface area contributed by atoms with Gasteiger partial charge in [0.1, 0.15) is 17.6 Å². The van der Waals surface area contributed by atoms with Crippen molar-refractivity contribution in [3.8, 4) is 5.75 Å². The van der Waals surface area contributed by atoms with Crippen LogP contribution in [0, 0.1) is 0 Å². The first kappa shape index (κ1) is 17.6. The van der Waals surface area contributed by atoms with Gasteiger partial charge in [-0.2, -0.15) is 5.10 Å². The number of amides is 1. The number of hydrogen-bond acceptors (Lipinski definition) is 4. The number of nitrogens with one attached hydrogen (secondary N) is 1. The maximum Gasteiger partial charge on any atom is 0.573 e. The molecule has 0 radical (unpaired) electrons. The monoisotopic (exact) mass is 365 g/mol. The largest absolute Gasteiger partial charge is 0.573 e. The van der Waals surface area contributed by atoms with E-state index in [1.54, 1.807) is 35.3 Å². The van der Waals surface area contributed by atoms with Crippen LogP contribution in [0.2, 0.25) is 0 Å². The maximum atomic E-state index is 12.3. The molecule has 1 aromatic carbocycles. The molecule has 0 unspecified atom stereocenters. The Morgan fingerprint density at radius 1 is 1.23 bits per heavy atom. The van der Waals surface area contributed by atoms with Gasteiger partial charge in [0.25, 0.3) is 5.91 Å². The van der Waals surface area contributed by atoms with Crippen molar-refractivity contribution >= 4 is 5.91 Å². The Balaban J connectivity index is 1.65. The number of ether oxygens (including phenoxy) is 1. The molecule has 2 aromatic heterocycles. The van der Waals surface area contributed by atoms with Gasteiger partial charge in [0.05, 0.1) is 6.26 Å². The third kappa shape index (κ3) is 4.44. The second kappa shape index (κ2) is 7.34. The lowest BCUT2D eigenvalue weighted by molar-refractivity contribution is -0.274.